The van der Waals surface area contributed by atoms with Crippen LogP contribution in [0, 0.1) is 5.92 Å². The summed E-state index contributed by atoms with van der Waals surface area (Å²) in [5.74, 6) is 0.809. The molecule has 0 aromatic heterocycles. The second-order valence-electron chi connectivity index (χ2n) is 6.19. The highest BCUT2D eigenvalue weighted by Crippen LogP contribution is 2.34. The minimum Gasteiger partial charge on any atom is -0.489 e. The van der Waals surface area contributed by atoms with Gasteiger partial charge < -0.3 is 15.4 Å². The third kappa shape index (κ3) is 3.16. The van der Waals surface area contributed by atoms with Crippen molar-refractivity contribution in [1.82, 2.24) is 5.32 Å². The quantitative estimate of drug-likeness (QED) is 0.898. The van der Waals surface area contributed by atoms with Crippen LogP contribution in [0.5, 0.6) is 5.75 Å². The second kappa shape index (κ2) is 5.85. The normalized spacial score (nSPS) is 27.1. The van der Waals surface area contributed by atoms with Crippen molar-refractivity contribution in [1.29, 1.82) is 0 Å². The van der Waals surface area contributed by atoms with Gasteiger partial charge in [-0.25, -0.2) is 0 Å². The number of hydrogen-bond donors (Lipinski definition) is 2. The van der Waals surface area contributed by atoms with E-state index in [9.17, 15) is 4.79 Å². The fourth-order valence-corrected chi connectivity index (χ4v) is 3.50. The van der Waals surface area contributed by atoms with Gasteiger partial charge in [-0.15, -0.1) is 0 Å². The molecule has 2 N–H and O–H groups in total. The molecule has 2 heterocycles. The Morgan fingerprint density at radius 2 is 2.24 bits per heavy atom. The molecule has 0 spiro atoms. The molecule has 1 amide bonds. The van der Waals surface area contributed by atoms with E-state index in [0.717, 1.165) is 18.5 Å². The van der Waals surface area contributed by atoms with Crippen LogP contribution in [-0.2, 0) is 4.79 Å². The molecule has 0 saturated carbocycles. The number of amides is 1. The summed E-state index contributed by atoms with van der Waals surface area (Å²) in [6.07, 6.45) is 3.31. The van der Waals surface area contributed by atoms with Gasteiger partial charge in [0.2, 0.25) is 5.91 Å². The van der Waals surface area contributed by atoms with Crippen molar-refractivity contribution in [3.8, 4) is 5.75 Å². The van der Waals surface area contributed by atoms with E-state index >= 15 is 0 Å². The lowest BCUT2D eigenvalue weighted by Crippen LogP contribution is -2.32. The molecule has 5 heteroatoms. The molecule has 2 aliphatic rings. The van der Waals surface area contributed by atoms with Crippen LogP contribution in [0.25, 0.3) is 0 Å². The highest BCUT2D eigenvalue weighted by Gasteiger charge is 2.42. The maximum atomic E-state index is 12.4. The van der Waals surface area contributed by atoms with Gasteiger partial charge in [0.25, 0.3) is 0 Å². The fraction of sp³-hybridized carbons (Fsp3) is 0.562. The van der Waals surface area contributed by atoms with E-state index in [-0.39, 0.29) is 17.9 Å². The van der Waals surface area contributed by atoms with Crippen LogP contribution in [0.15, 0.2) is 18.2 Å². The standard InChI is InChI=1S/C16H21ClN2O2/c1-9(2)21-15-6-4-11(8-13(15)17)19-16(20)12-7-10-3-5-14(12)18-10/h4,6,8-10,12,14,18H,3,5,7H2,1-2H3,(H,19,20). The lowest BCUT2D eigenvalue weighted by atomic mass is 9.88. The first-order valence-corrected chi connectivity index (χ1v) is 7.94. The Bertz CT molecular complexity index is 547. The first kappa shape index (κ1) is 14.7. The Morgan fingerprint density at radius 1 is 1.43 bits per heavy atom. The Morgan fingerprint density at radius 3 is 2.81 bits per heavy atom. The molecule has 3 unspecified atom stereocenters. The van der Waals surface area contributed by atoms with Crippen molar-refractivity contribution in [2.45, 2.75) is 51.3 Å². The molecule has 0 radical (unpaired) electrons. The highest BCUT2D eigenvalue weighted by atomic mass is 35.5. The third-order valence-corrected chi connectivity index (χ3v) is 4.49. The Labute approximate surface area is 130 Å². The number of halogens is 1. The van der Waals surface area contributed by atoms with Crippen LogP contribution in [0.4, 0.5) is 5.69 Å². The van der Waals surface area contributed by atoms with E-state index in [0.29, 0.717) is 22.9 Å². The molecular weight excluding hydrogens is 288 g/mol. The van der Waals surface area contributed by atoms with Gasteiger partial charge in [-0.05, 0) is 51.3 Å². The smallest absolute Gasteiger partial charge is 0.229 e. The summed E-state index contributed by atoms with van der Waals surface area (Å²) in [4.78, 5) is 12.4. The number of nitrogens with one attached hydrogen (secondary N) is 2. The molecule has 2 bridgehead atoms. The molecular formula is C16H21ClN2O2. The van der Waals surface area contributed by atoms with Crippen LogP contribution in [0.1, 0.15) is 33.1 Å². The zero-order chi connectivity index (χ0) is 15.0. The topological polar surface area (TPSA) is 50.4 Å². The summed E-state index contributed by atoms with van der Waals surface area (Å²) in [6, 6.07) is 6.25. The molecule has 4 nitrogen and oxygen atoms in total. The number of carbonyl (C=O) groups is 1. The number of anilines is 1. The summed E-state index contributed by atoms with van der Waals surface area (Å²) in [7, 11) is 0. The molecule has 2 saturated heterocycles. The fourth-order valence-electron chi connectivity index (χ4n) is 3.28. The minimum absolute atomic E-state index is 0.0723. The van der Waals surface area contributed by atoms with E-state index < -0.39 is 0 Å². The average molecular weight is 309 g/mol. The maximum absolute atomic E-state index is 12.4. The van der Waals surface area contributed by atoms with Crippen LogP contribution in [0.3, 0.4) is 0 Å². The maximum Gasteiger partial charge on any atom is 0.229 e. The van der Waals surface area contributed by atoms with Gasteiger partial charge >= 0.3 is 0 Å². The summed E-state index contributed by atoms with van der Waals surface area (Å²) >= 11 is 6.19. The van der Waals surface area contributed by atoms with Crippen molar-refractivity contribution >= 4 is 23.2 Å². The van der Waals surface area contributed by atoms with Crippen LogP contribution >= 0.6 is 11.6 Å². The predicted octanol–water partition coefficient (Wildman–Crippen LogP) is 3.21. The Balaban J connectivity index is 1.65. The van der Waals surface area contributed by atoms with Gasteiger partial charge in [0.05, 0.1) is 17.0 Å². The number of hydrogen-bond acceptors (Lipinski definition) is 3. The van der Waals surface area contributed by atoms with Crippen molar-refractivity contribution in [2.24, 2.45) is 5.92 Å². The lowest BCUT2D eigenvalue weighted by Gasteiger charge is -2.19. The molecule has 0 aliphatic carbocycles. The molecule has 2 aliphatic heterocycles. The van der Waals surface area contributed by atoms with Gasteiger partial charge in [-0.1, -0.05) is 11.6 Å². The van der Waals surface area contributed by atoms with Crippen LogP contribution in [-0.4, -0.2) is 24.1 Å². The lowest BCUT2D eigenvalue weighted by molar-refractivity contribution is -0.120. The first-order chi connectivity index (χ1) is 10.0. The van der Waals surface area contributed by atoms with Crippen molar-refractivity contribution < 1.29 is 9.53 Å². The number of rotatable bonds is 4. The zero-order valence-electron chi connectivity index (χ0n) is 12.4. The number of ether oxygens (including phenoxy) is 1. The zero-order valence-corrected chi connectivity index (χ0v) is 13.1. The largest absolute Gasteiger partial charge is 0.489 e. The number of carbonyl (C=O) groups excluding carboxylic acids is 1. The first-order valence-electron chi connectivity index (χ1n) is 7.56. The molecule has 2 fully saturated rings. The molecule has 1 aromatic carbocycles. The summed E-state index contributed by atoms with van der Waals surface area (Å²) < 4.78 is 5.59. The second-order valence-corrected chi connectivity index (χ2v) is 6.60. The van der Waals surface area contributed by atoms with E-state index in [1.54, 1.807) is 12.1 Å². The van der Waals surface area contributed by atoms with Crippen molar-refractivity contribution in [3.63, 3.8) is 0 Å². The van der Waals surface area contributed by atoms with Gasteiger partial charge in [0.1, 0.15) is 5.75 Å². The van der Waals surface area contributed by atoms with Crippen LogP contribution in [0.2, 0.25) is 5.02 Å². The molecule has 3 atom stereocenters. The number of fused-ring (bicyclic) bond motifs is 2. The molecule has 114 valence electrons. The molecule has 21 heavy (non-hydrogen) atoms. The van der Waals surface area contributed by atoms with Crippen molar-refractivity contribution in [3.05, 3.63) is 23.2 Å². The number of benzene rings is 1. The van der Waals surface area contributed by atoms with Gasteiger partial charge in [0, 0.05) is 17.8 Å². The van der Waals surface area contributed by atoms with Crippen LogP contribution < -0.4 is 15.4 Å². The summed E-state index contributed by atoms with van der Waals surface area (Å²) in [6.45, 7) is 3.91. The van der Waals surface area contributed by atoms with E-state index in [1.807, 2.05) is 19.9 Å². The van der Waals surface area contributed by atoms with Gasteiger partial charge in [-0.3, -0.25) is 4.79 Å². The minimum atomic E-state index is 0.0723. The van der Waals surface area contributed by atoms with Gasteiger partial charge in [0.15, 0.2) is 0 Å². The molecule has 1 aromatic rings. The third-order valence-electron chi connectivity index (χ3n) is 4.20. The monoisotopic (exact) mass is 308 g/mol. The van der Waals surface area contributed by atoms with Gasteiger partial charge in [-0.2, -0.15) is 0 Å². The Kier molecular flexibility index (Phi) is 4.09. The van der Waals surface area contributed by atoms with E-state index in [4.69, 9.17) is 16.3 Å². The predicted molar refractivity (Wildman–Crippen MR) is 83.9 cm³/mol. The van der Waals surface area contributed by atoms with Crippen molar-refractivity contribution in [2.75, 3.05) is 5.32 Å². The van der Waals surface area contributed by atoms with E-state index in [2.05, 4.69) is 10.6 Å². The summed E-state index contributed by atoms with van der Waals surface area (Å²) in [5.41, 5.74) is 0.726. The highest BCUT2D eigenvalue weighted by molar-refractivity contribution is 6.32. The molecule has 3 rings (SSSR count). The summed E-state index contributed by atoms with van der Waals surface area (Å²) in [5, 5.41) is 6.97. The van der Waals surface area contributed by atoms with E-state index in [1.165, 1.54) is 6.42 Å². The average Bonchev–Trinajstić information content (AvgIpc) is 3.04. The SMILES string of the molecule is CC(C)Oc1ccc(NC(=O)C2CC3CCC2N3)cc1Cl. The Hall–Kier alpha value is -1.26.